The Morgan fingerprint density at radius 2 is 1.96 bits per heavy atom. The van der Waals surface area contributed by atoms with Crippen LogP contribution >= 0.6 is 0 Å². The molecule has 0 saturated carbocycles. The second kappa shape index (κ2) is 6.49. The number of pyridine rings is 1. The molecule has 3 aromatic rings. The molecular weight excluding hydrogens is 316 g/mol. The van der Waals surface area contributed by atoms with Gasteiger partial charge in [-0.05, 0) is 18.2 Å². The Morgan fingerprint density at radius 1 is 1.17 bits per heavy atom. The molecule has 7 heteroatoms. The molecule has 122 valence electrons. The minimum Gasteiger partial charge on any atom is -0.435 e. The van der Waals surface area contributed by atoms with Crippen LogP contribution in [0.5, 0.6) is 5.75 Å². The van der Waals surface area contributed by atoms with Crippen molar-refractivity contribution in [3.05, 3.63) is 60.4 Å². The molecule has 0 atom stereocenters. The Balaban J connectivity index is 1.92. The van der Waals surface area contributed by atoms with Crippen molar-refractivity contribution in [2.24, 2.45) is 0 Å². The van der Waals surface area contributed by atoms with Gasteiger partial charge in [-0.1, -0.05) is 24.3 Å². The summed E-state index contributed by atoms with van der Waals surface area (Å²) in [5.74, 6) is -0.675. The van der Waals surface area contributed by atoms with E-state index in [1.807, 2.05) is 24.3 Å². The van der Waals surface area contributed by atoms with Gasteiger partial charge >= 0.3 is 6.61 Å². The Hall–Kier alpha value is -3.22. The number of halogens is 2. The molecule has 24 heavy (non-hydrogen) atoms. The zero-order chi connectivity index (χ0) is 17.1. The monoisotopic (exact) mass is 329 g/mol. The fourth-order valence-corrected chi connectivity index (χ4v) is 2.31. The third-order valence-corrected chi connectivity index (χ3v) is 3.41. The number of rotatable bonds is 4. The highest BCUT2D eigenvalue weighted by molar-refractivity contribution is 6.11. The number of alkyl halides is 2. The number of benzene rings is 2. The van der Waals surface area contributed by atoms with Crippen molar-refractivity contribution in [1.82, 2.24) is 4.98 Å². The Morgan fingerprint density at radius 3 is 2.75 bits per heavy atom. The topological polar surface area (TPSA) is 77.2 Å². The second-order valence-corrected chi connectivity index (χ2v) is 4.99. The first-order valence-electron chi connectivity index (χ1n) is 7.03. The molecular formula is C17H13F2N3O2. The molecule has 0 aliphatic rings. The molecule has 1 amide bonds. The van der Waals surface area contributed by atoms with Crippen molar-refractivity contribution in [1.29, 1.82) is 0 Å². The summed E-state index contributed by atoms with van der Waals surface area (Å²) in [6.45, 7) is -2.98. The Bertz CT molecular complexity index is 895. The molecule has 5 nitrogen and oxygen atoms in total. The van der Waals surface area contributed by atoms with Crippen LogP contribution in [0.3, 0.4) is 0 Å². The fourth-order valence-electron chi connectivity index (χ4n) is 2.31. The summed E-state index contributed by atoms with van der Waals surface area (Å²) in [6.07, 6.45) is 3.19. The van der Waals surface area contributed by atoms with E-state index in [1.54, 1.807) is 6.20 Å². The summed E-state index contributed by atoms with van der Waals surface area (Å²) in [5.41, 5.74) is 6.46. The van der Waals surface area contributed by atoms with Gasteiger partial charge in [0.05, 0.1) is 17.4 Å². The molecule has 0 bridgehead atoms. The lowest BCUT2D eigenvalue weighted by molar-refractivity contribution is -0.0498. The van der Waals surface area contributed by atoms with E-state index in [0.29, 0.717) is 5.69 Å². The molecule has 0 aliphatic carbocycles. The number of nitrogens with zero attached hydrogens (tertiary/aromatic N) is 1. The summed E-state index contributed by atoms with van der Waals surface area (Å²) in [7, 11) is 0. The normalized spacial score (nSPS) is 10.8. The number of hydrogen-bond acceptors (Lipinski definition) is 4. The number of carbonyl (C=O) groups excluding carboxylic acids is 1. The average Bonchev–Trinajstić information content (AvgIpc) is 2.56. The smallest absolute Gasteiger partial charge is 0.387 e. The van der Waals surface area contributed by atoms with E-state index in [4.69, 9.17) is 5.73 Å². The number of amides is 1. The van der Waals surface area contributed by atoms with Gasteiger partial charge in [-0.2, -0.15) is 8.78 Å². The van der Waals surface area contributed by atoms with Gasteiger partial charge in [0.2, 0.25) is 0 Å². The molecule has 0 radical (unpaired) electrons. The molecule has 1 aromatic heterocycles. The summed E-state index contributed by atoms with van der Waals surface area (Å²) < 4.78 is 28.9. The highest BCUT2D eigenvalue weighted by atomic mass is 19.3. The number of nitrogens with two attached hydrogens (primary N) is 1. The molecule has 0 unspecified atom stereocenters. The minimum absolute atomic E-state index is 0.0427. The van der Waals surface area contributed by atoms with E-state index in [0.717, 1.165) is 10.8 Å². The van der Waals surface area contributed by atoms with Gasteiger partial charge in [0.15, 0.2) is 0 Å². The molecule has 2 aromatic carbocycles. The van der Waals surface area contributed by atoms with Gasteiger partial charge in [-0.15, -0.1) is 0 Å². The first-order chi connectivity index (χ1) is 11.5. The predicted octanol–water partition coefficient (Wildman–Crippen LogP) is 3.67. The number of aromatic nitrogens is 1. The lowest BCUT2D eigenvalue weighted by atomic mass is 10.1. The summed E-state index contributed by atoms with van der Waals surface area (Å²) >= 11 is 0. The maximum Gasteiger partial charge on any atom is 0.387 e. The van der Waals surface area contributed by atoms with Crippen LogP contribution in [0.1, 0.15) is 10.4 Å². The van der Waals surface area contributed by atoms with Crippen LogP contribution in [-0.4, -0.2) is 17.5 Å². The number of ether oxygens (including phenoxy) is 1. The summed E-state index contributed by atoms with van der Waals surface area (Å²) in [5, 5.41) is 4.36. The van der Waals surface area contributed by atoms with Crippen LogP contribution in [-0.2, 0) is 0 Å². The summed E-state index contributed by atoms with van der Waals surface area (Å²) in [6, 6.07) is 11.2. The van der Waals surface area contributed by atoms with Gasteiger partial charge < -0.3 is 15.8 Å². The first kappa shape index (κ1) is 15.7. The van der Waals surface area contributed by atoms with E-state index in [1.165, 1.54) is 24.4 Å². The molecule has 0 saturated heterocycles. The van der Waals surface area contributed by atoms with Gasteiger partial charge in [0.1, 0.15) is 5.75 Å². The van der Waals surface area contributed by atoms with E-state index < -0.39 is 12.5 Å². The van der Waals surface area contributed by atoms with Crippen LogP contribution in [0.2, 0.25) is 0 Å². The van der Waals surface area contributed by atoms with Crippen molar-refractivity contribution in [2.75, 3.05) is 11.1 Å². The van der Waals surface area contributed by atoms with E-state index >= 15 is 0 Å². The predicted molar refractivity (Wildman–Crippen MR) is 87.2 cm³/mol. The van der Waals surface area contributed by atoms with Gasteiger partial charge in [-0.25, -0.2) is 0 Å². The minimum atomic E-state index is -2.98. The molecule has 0 spiro atoms. The SMILES string of the molecule is Nc1ccc(OC(F)F)cc1C(=O)Nc1cncc2ccccc12. The van der Waals surface area contributed by atoms with Crippen molar-refractivity contribution < 1.29 is 18.3 Å². The van der Waals surface area contributed by atoms with Crippen molar-refractivity contribution in [3.8, 4) is 5.75 Å². The van der Waals surface area contributed by atoms with Crippen LogP contribution in [0.15, 0.2) is 54.9 Å². The molecule has 0 fully saturated rings. The average molecular weight is 329 g/mol. The highest BCUT2D eigenvalue weighted by Crippen LogP contribution is 2.25. The number of fused-ring (bicyclic) bond motifs is 1. The van der Waals surface area contributed by atoms with Gasteiger partial charge in [0.25, 0.3) is 5.91 Å². The second-order valence-electron chi connectivity index (χ2n) is 4.99. The molecule has 3 N–H and O–H groups in total. The number of nitrogens with one attached hydrogen (secondary N) is 1. The van der Waals surface area contributed by atoms with Crippen LogP contribution < -0.4 is 15.8 Å². The first-order valence-corrected chi connectivity index (χ1v) is 7.03. The summed E-state index contributed by atoms with van der Waals surface area (Å²) in [4.78, 5) is 16.5. The largest absolute Gasteiger partial charge is 0.435 e. The number of hydrogen-bond donors (Lipinski definition) is 2. The van der Waals surface area contributed by atoms with E-state index in [9.17, 15) is 13.6 Å². The van der Waals surface area contributed by atoms with E-state index in [-0.39, 0.29) is 17.0 Å². The lowest BCUT2D eigenvalue weighted by Gasteiger charge is -2.11. The quantitative estimate of drug-likeness (QED) is 0.716. The van der Waals surface area contributed by atoms with Crippen LogP contribution in [0.25, 0.3) is 10.8 Å². The van der Waals surface area contributed by atoms with Crippen molar-refractivity contribution in [3.63, 3.8) is 0 Å². The Labute approximate surface area is 136 Å². The molecule has 0 aliphatic heterocycles. The fraction of sp³-hybridized carbons (Fsp3) is 0.0588. The van der Waals surface area contributed by atoms with Crippen LogP contribution in [0.4, 0.5) is 20.2 Å². The van der Waals surface area contributed by atoms with Crippen molar-refractivity contribution in [2.45, 2.75) is 6.61 Å². The maximum absolute atomic E-state index is 12.5. The van der Waals surface area contributed by atoms with Crippen LogP contribution in [0, 0.1) is 0 Å². The number of carbonyl (C=O) groups is 1. The molecule has 1 heterocycles. The van der Waals surface area contributed by atoms with Crippen molar-refractivity contribution >= 4 is 28.1 Å². The van der Waals surface area contributed by atoms with Gasteiger partial charge in [-0.3, -0.25) is 9.78 Å². The van der Waals surface area contributed by atoms with Gasteiger partial charge in [0, 0.05) is 22.7 Å². The maximum atomic E-state index is 12.5. The molecule has 3 rings (SSSR count). The Kier molecular flexibility index (Phi) is 4.24. The zero-order valence-electron chi connectivity index (χ0n) is 12.4. The van der Waals surface area contributed by atoms with E-state index in [2.05, 4.69) is 15.0 Å². The third kappa shape index (κ3) is 3.24. The lowest BCUT2D eigenvalue weighted by Crippen LogP contribution is -2.15. The zero-order valence-corrected chi connectivity index (χ0v) is 12.4. The number of anilines is 2. The highest BCUT2D eigenvalue weighted by Gasteiger charge is 2.14. The third-order valence-electron chi connectivity index (χ3n) is 3.41. The standard InChI is InChI=1S/C17H13F2N3O2/c18-17(19)24-11-5-6-14(20)13(7-11)16(23)22-15-9-21-8-10-3-1-2-4-12(10)15/h1-9,17H,20H2,(H,22,23). The number of nitrogen functional groups attached to an aromatic ring is 1.